The van der Waals surface area contributed by atoms with Crippen LogP contribution in [0, 0.1) is 5.41 Å². The summed E-state index contributed by atoms with van der Waals surface area (Å²) in [5.74, 6) is 0.804. The molecule has 0 bridgehead atoms. The topological polar surface area (TPSA) is 94.4 Å². The molecule has 2 unspecified atom stereocenters. The lowest BCUT2D eigenvalue weighted by Crippen LogP contribution is -2.37. The molecule has 0 radical (unpaired) electrons. The maximum atomic E-state index is 9.50. The SMILES string of the molecule is COC1(c2noc(C(N)C(C)O)n2)CCC(C)(C)CC1. The smallest absolute Gasteiger partial charge is 0.246 e. The minimum absolute atomic E-state index is 0.260. The number of ether oxygens (including phenoxy) is 1. The third-order valence-electron chi connectivity index (χ3n) is 4.46. The summed E-state index contributed by atoms with van der Waals surface area (Å²) in [6.07, 6.45) is 3.09. The molecule has 3 N–H and O–H groups in total. The molecule has 20 heavy (non-hydrogen) atoms. The van der Waals surface area contributed by atoms with E-state index in [1.165, 1.54) is 0 Å². The zero-order chi connectivity index (χ0) is 15.0. The summed E-state index contributed by atoms with van der Waals surface area (Å²) in [4.78, 5) is 4.36. The maximum Gasteiger partial charge on any atom is 0.246 e. The summed E-state index contributed by atoms with van der Waals surface area (Å²) in [5.41, 5.74) is 5.65. The highest BCUT2D eigenvalue weighted by Crippen LogP contribution is 2.46. The van der Waals surface area contributed by atoms with Gasteiger partial charge in [-0.05, 0) is 38.0 Å². The van der Waals surface area contributed by atoms with Crippen molar-refractivity contribution in [3.63, 3.8) is 0 Å². The lowest BCUT2D eigenvalue weighted by atomic mass is 9.70. The van der Waals surface area contributed by atoms with E-state index >= 15 is 0 Å². The van der Waals surface area contributed by atoms with Gasteiger partial charge in [0.25, 0.3) is 0 Å². The molecule has 1 aliphatic rings. The molecule has 0 aromatic carbocycles. The van der Waals surface area contributed by atoms with Crippen molar-refractivity contribution >= 4 is 0 Å². The molecule has 1 aromatic rings. The largest absolute Gasteiger partial charge is 0.391 e. The van der Waals surface area contributed by atoms with E-state index in [-0.39, 0.29) is 5.89 Å². The van der Waals surface area contributed by atoms with Crippen molar-refractivity contribution < 1.29 is 14.4 Å². The van der Waals surface area contributed by atoms with Gasteiger partial charge in [0.05, 0.1) is 6.10 Å². The standard InChI is InChI=1S/C14H25N3O3/c1-9(18)10(15)11-16-12(17-20-11)14(19-4)7-5-13(2,3)6-8-14/h9-10,18H,5-8,15H2,1-4H3. The third-order valence-corrected chi connectivity index (χ3v) is 4.46. The van der Waals surface area contributed by atoms with Gasteiger partial charge in [-0.15, -0.1) is 0 Å². The summed E-state index contributed by atoms with van der Waals surface area (Å²) < 4.78 is 10.9. The van der Waals surface area contributed by atoms with Crippen LogP contribution in [0.5, 0.6) is 0 Å². The Kier molecular flexibility index (Phi) is 4.18. The third kappa shape index (κ3) is 2.87. The summed E-state index contributed by atoms with van der Waals surface area (Å²) in [7, 11) is 1.68. The summed E-state index contributed by atoms with van der Waals surface area (Å²) >= 11 is 0. The molecular weight excluding hydrogens is 258 g/mol. The van der Waals surface area contributed by atoms with Crippen LogP contribution >= 0.6 is 0 Å². The van der Waals surface area contributed by atoms with E-state index in [1.807, 2.05) is 0 Å². The number of methoxy groups -OCH3 is 1. The molecule has 1 aliphatic carbocycles. The number of hydrogen-bond acceptors (Lipinski definition) is 6. The van der Waals surface area contributed by atoms with Gasteiger partial charge in [0.15, 0.2) is 0 Å². The molecule has 6 heteroatoms. The molecule has 1 heterocycles. The lowest BCUT2D eigenvalue weighted by molar-refractivity contribution is -0.0740. The van der Waals surface area contributed by atoms with Crippen LogP contribution in [-0.2, 0) is 10.3 Å². The Morgan fingerprint density at radius 2 is 1.90 bits per heavy atom. The van der Waals surface area contributed by atoms with E-state index < -0.39 is 17.7 Å². The van der Waals surface area contributed by atoms with E-state index in [0.717, 1.165) is 25.7 Å². The zero-order valence-corrected chi connectivity index (χ0v) is 12.7. The molecule has 1 aromatic heterocycles. The molecule has 1 fully saturated rings. The summed E-state index contributed by atoms with van der Waals surface area (Å²) in [5, 5.41) is 13.5. The van der Waals surface area contributed by atoms with E-state index in [1.54, 1.807) is 14.0 Å². The number of nitrogens with zero attached hydrogens (tertiary/aromatic N) is 2. The zero-order valence-electron chi connectivity index (χ0n) is 12.7. The first kappa shape index (κ1) is 15.4. The van der Waals surface area contributed by atoms with Crippen LogP contribution in [0.4, 0.5) is 0 Å². The average Bonchev–Trinajstić information content (AvgIpc) is 2.88. The maximum absolute atomic E-state index is 9.50. The highest BCUT2D eigenvalue weighted by Gasteiger charge is 2.43. The van der Waals surface area contributed by atoms with Gasteiger partial charge in [-0.25, -0.2) is 0 Å². The van der Waals surface area contributed by atoms with E-state index in [9.17, 15) is 5.11 Å². The van der Waals surface area contributed by atoms with Gasteiger partial charge in [-0.1, -0.05) is 19.0 Å². The van der Waals surface area contributed by atoms with Crippen LogP contribution in [-0.4, -0.2) is 28.5 Å². The van der Waals surface area contributed by atoms with Crippen molar-refractivity contribution in [1.82, 2.24) is 10.1 Å². The number of aliphatic hydroxyl groups is 1. The quantitative estimate of drug-likeness (QED) is 0.876. The van der Waals surface area contributed by atoms with E-state index in [0.29, 0.717) is 11.2 Å². The van der Waals surface area contributed by atoms with Crippen LogP contribution in [0.2, 0.25) is 0 Å². The fourth-order valence-corrected chi connectivity index (χ4v) is 2.61. The number of aliphatic hydroxyl groups excluding tert-OH is 1. The average molecular weight is 283 g/mol. The van der Waals surface area contributed by atoms with Crippen LogP contribution in [0.15, 0.2) is 4.52 Å². The van der Waals surface area contributed by atoms with Gasteiger partial charge < -0.3 is 20.1 Å². The molecule has 0 saturated heterocycles. The summed E-state index contributed by atoms with van der Waals surface area (Å²) in [6.45, 7) is 6.12. The van der Waals surface area contributed by atoms with Crippen LogP contribution in [0.1, 0.15) is 64.2 Å². The van der Waals surface area contributed by atoms with Gasteiger partial charge in [-0.2, -0.15) is 4.98 Å². The first-order valence-corrected chi connectivity index (χ1v) is 7.12. The minimum atomic E-state index is -0.730. The Hall–Kier alpha value is -0.980. The molecule has 1 saturated carbocycles. The van der Waals surface area contributed by atoms with Crippen molar-refractivity contribution in [2.45, 2.75) is 64.2 Å². The van der Waals surface area contributed by atoms with Crippen molar-refractivity contribution in [2.24, 2.45) is 11.1 Å². The second-order valence-electron chi connectivity index (χ2n) is 6.59. The molecule has 0 aliphatic heterocycles. The minimum Gasteiger partial charge on any atom is -0.391 e. The highest BCUT2D eigenvalue weighted by molar-refractivity contribution is 5.06. The highest BCUT2D eigenvalue weighted by atomic mass is 16.5. The van der Waals surface area contributed by atoms with E-state index in [4.69, 9.17) is 15.0 Å². The molecule has 6 nitrogen and oxygen atoms in total. The Morgan fingerprint density at radius 1 is 1.30 bits per heavy atom. The molecule has 2 rings (SSSR count). The number of nitrogens with two attached hydrogens (primary N) is 1. The van der Waals surface area contributed by atoms with Crippen molar-refractivity contribution in [1.29, 1.82) is 0 Å². The number of hydrogen-bond donors (Lipinski definition) is 2. The van der Waals surface area contributed by atoms with Crippen LogP contribution in [0.25, 0.3) is 0 Å². The number of aromatic nitrogens is 2. The molecule has 114 valence electrons. The van der Waals surface area contributed by atoms with Crippen LogP contribution < -0.4 is 5.73 Å². The monoisotopic (exact) mass is 283 g/mol. The van der Waals surface area contributed by atoms with Crippen molar-refractivity contribution in [3.8, 4) is 0 Å². The Balaban J connectivity index is 2.21. The fraction of sp³-hybridized carbons (Fsp3) is 0.857. The Labute approximate surface area is 119 Å². The summed E-state index contributed by atoms with van der Waals surface area (Å²) in [6, 6.07) is -0.662. The molecule has 0 amide bonds. The number of rotatable bonds is 4. The van der Waals surface area contributed by atoms with Gasteiger partial charge in [0.1, 0.15) is 11.6 Å². The van der Waals surface area contributed by atoms with Crippen molar-refractivity contribution in [3.05, 3.63) is 11.7 Å². The van der Waals surface area contributed by atoms with Gasteiger partial charge in [0.2, 0.25) is 11.7 Å². The Morgan fingerprint density at radius 3 is 2.40 bits per heavy atom. The molecule has 0 spiro atoms. The van der Waals surface area contributed by atoms with Gasteiger partial charge in [0, 0.05) is 7.11 Å². The first-order chi connectivity index (χ1) is 9.30. The Bertz CT molecular complexity index is 446. The van der Waals surface area contributed by atoms with Crippen molar-refractivity contribution in [2.75, 3.05) is 7.11 Å². The predicted molar refractivity (Wildman–Crippen MR) is 73.8 cm³/mol. The molecular formula is C14H25N3O3. The fourth-order valence-electron chi connectivity index (χ4n) is 2.61. The molecule has 2 atom stereocenters. The second kappa shape index (κ2) is 5.42. The lowest BCUT2D eigenvalue weighted by Gasteiger charge is -2.40. The van der Waals surface area contributed by atoms with Crippen LogP contribution in [0.3, 0.4) is 0 Å². The van der Waals surface area contributed by atoms with Gasteiger partial charge in [-0.3, -0.25) is 0 Å². The second-order valence-corrected chi connectivity index (χ2v) is 6.59. The normalized spacial score (nSPS) is 24.3. The first-order valence-electron chi connectivity index (χ1n) is 7.12. The predicted octanol–water partition coefficient (Wildman–Crippen LogP) is 1.89. The van der Waals surface area contributed by atoms with E-state index in [2.05, 4.69) is 24.0 Å². The van der Waals surface area contributed by atoms with Gasteiger partial charge >= 0.3 is 0 Å².